The van der Waals surface area contributed by atoms with Gasteiger partial charge in [-0.1, -0.05) is 30.3 Å². The van der Waals surface area contributed by atoms with Gasteiger partial charge in [-0.2, -0.15) is 0 Å². The lowest BCUT2D eigenvalue weighted by molar-refractivity contribution is -0.181. The number of carboxylic acids is 1. The van der Waals surface area contributed by atoms with Crippen molar-refractivity contribution in [1.29, 1.82) is 0 Å². The number of rotatable bonds is 12. The summed E-state index contributed by atoms with van der Waals surface area (Å²) in [4.78, 5) is 62.4. The zero-order valence-electron chi connectivity index (χ0n) is 21.6. The fraction of sp³-hybridized carbons (Fsp3) is 0.577. The van der Waals surface area contributed by atoms with Crippen LogP contribution in [-0.2, 0) is 35.3 Å². The molecule has 1 aromatic rings. The quantitative estimate of drug-likeness (QED) is 0.269. The number of hydrogen-bond donors (Lipinski definition) is 3. The normalized spacial score (nSPS) is 20.2. The van der Waals surface area contributed by atoms with Crippen molar-refractivity contribution < 1.29 is 38.6 Å². The van der Waals surface area contributed by atoms with Gasteiger partial charge in [0.15, 0.2) is 6.04 Å². The third-order valence-corrected chi connectivity index (χ3v) is 6.52. The predicted octanol–water partition coefficient (Wildman–Crippen LogP) is 1.59. The van der Waals surface area contributed by atoms with Crippen molar-refractivity contribution >= 4 is 29.8 Å². The summed E-state index contributed by atoms with van der Waals surface area (Å²) in [5, 5.41) is 17.6. The van der Waals surface area contributed by atoms with Gasteiger partial charge in [0.1, 0.15) is 12.6 Å². The first kappa shape index (κ1) is 28.9. The monoisotopic (exact) mass is 532 g/mol. The molecule has 2 saturated heterocycles. The second kappa shape index (κ2) is 14.3. The molecule has 0 radical (unpaired) electrons. The number of hydrazine groups is 1. The fourth-order valence-corrected chi connectivity index (χ4v) is 4.61. The lowest BCUT2D eigenvalue weighted by atomic mass is 10.0. The van der Waals surface area contributed by atoms with E-state index in [0.29, 0.717) is 32.2 Å². The second-order valence-corrected chi connectivity index (χ2v) is 9.24. The number of amides is 3. The smallest absolute Gasteiger partial charge is 0.407 e. The van der Waals surface area contributed by atoms with Crippen molar-refractivity contribution in [3.8, 4) is 0 Å². The molecule has 12 heteroatoms. The Labute approximate surface area is 221 Å². The van der Waals surface area contributed by atoms with Gasteiger partial charge in [-0.05, 0) is 51.0 Å². The molecular weight excluding hydrogens is 496 g/mol. The summed E-state index contributed by atoms with van der Waals surface area (Å²) in [6, 6.07) is 6.44. The summed E-state index contributed by atoms with van der Waals surface area (Å²) in [5.41, 5.74) is 0.878. The van der Waals surface area contributed by atoms with E-state index in [4.69, 9.17) is 9.47 Å². The van der Waals surface area contributed by atoms with Crippen LogP contribution in [0.3, 0.4) is 0 Å². The van der Waals surface area contributed by atoms with Crippen LogP contribution in [0.2, 0.25) is 0 Å². The van der Waals surface area contributed by atoms with Gasteiger partial charge < -0.3 is 19.9 Å². The van der Waals surface area contributed by atoms with Gasteiger partial charge >= 0.3 is 18.0 Å². The number of nitrogens with zero attached hydrogens (tertiary/aromatic N) is 2. The third kappa shape index (κ3) is 7.91. The number of benzene rings is 1. The van der Waals surface area contributed by atoms with Crippen molar-refractivity contribution in [1.82, 2.24) is 20.7 Å². The zero-order chi connectivity index (χ0) is 27.5. The van der Waals surface area contributed by atoms with Crippen LogP contribution in [0, 0.1) is 0 Å². The minimum absolute atomic E-state index is 0.0524. The van der Waals surface area contributed by atoms with E-state index < -0.39 is 42.1 Å². The Morgan fingerprint density at radius 2 is 1.87 bits per heavy atom. The number of alkyl carbamates (subject to hydrolysis) is 1. The number of carbonyl (C=O) groups is 5. The van der Waals surface area contributed by atoms with E-state index in [9.17, 15) is 29.1 Å². The molecule has 208 valence electrons. The van der Waals surface area contributed by atoms with Crippen molar-refractivity contribution in [3.05, 3.63) is 35.9 Å². The van der Waals surface area contributed by atoms with E-state index in [0.717, 1.165) is 10.6 Å². The summed E-state index contributed by atoms with van der Waals surface area (Å²) >= 11 is 0. The summed E-state index contributed by atoms with van der Waals surface area (Å²) in [6.45, 7) is 2.62. The SMILES string of the molecule is CCOC(=O)[C@H](CCCCNC(=O)OCc1ccccc1)N[C@H]1CCC(=O)N2CCC[C@@H](C(=O)O)N2C1=O. The van der Waals surface area contributed by atoms with Crippen LogP contribution >= 0.6 is 0 Å². The lowest BCUT2D eigenvalue weighted by Gasteiger charge is -2.42. The Bertz CT molecular complexity index is 989. The van der Waals surface area contributed by atoms with Crippen LogP contribution in [0.1, 0.15) is 57.4 Å². The third-order valence-electron chi connectivity index (χ3n) is 6.52. The minimum atomic E-state index is -1.17. The number of ether oxygens (including phenoxy) is 2. The molecule has 0 unspecified atom stereocenters. The molecule has 2 aliphatic rings. The van der Waals surface area contributed by atoms with Crippen LogP contribution < -0.4 is 10.6 Å². The van der Waals surface area contributed by atoms with Crippen molar-refractivity contribution in [2.75, 3.05) is 19.7 Å². The molecule has 3 atom stereocenters. The van der Waals surface area contributed by atoms with Crippen molar-refractivity contribution in [2.24, 2.45) is 0 Å². The van der Waals surface area contributed by atoms with E-state index in [-0.39, 0.29) is 44.9 Å². The largest absolute Gasteiger partial charge is 0.480 e. The molecule has 1 aromatic carbocycles. The highest BCUT2D eigenvalue weighted by molar-refractivity contribution is 5.92. The van der Waals surface area contributed by atoms with Gasteiger partial charge in [0.25, 0.3) is 5.91 Å². The highest BCUT2D eigenvalue weighted by Gasteiger charge is 2.45. The average molecular weight is 533 g/mol. The summed E-state index contributed by atoms with van der Waals surface area (Å²) in [7, 11) is 0. The molecule has 2 aliphatic heterocycles. The predicted molar refractivity (Wildman–Crippen MR) is 134 cm³/mol. The molecule has 0 saturated carbocycles. The standard InChI is InChI=1S/C26H36N4O8/c1-2-37-25(35)20(11-6-7-15-27-26(36)38-17-18-9-4-3-5-10-18)28-19-13-14-22(31)29-16-8-12-21(24(33)34)30(29)23(19)32/h3-5,9-10,19-21,28H,2,6-8,11-17H2,1H3,(H,27,36)(H,33,34)/t19-,20-,21-/m0/s1. The first-order valence-electron chi connectivity index (χ1n) is 13.0. The molecule has 0 bridgehead atoms. The van der Waals surface area contributed by atoms with Crippen molar-refractivity contribution in [2.45, 2.75) is 76.6 Å². The summed E-state index contributed by atoms with van der Waals surface area (Å²) < 4.78 is 10.4. The number of carboxylic acid groups (broad SMARTS) is 1. The number of nitrogens with one attached hydrogen (secondary N) is 2. The summed E-state index contributed by atoms with van der Waals surface area (Å²) in [6.07, 6.45) is 1.80. The number of hydrogen-bond acceptors (Lipinski definition) is 8. The van der Waals surface area contributed by atoms with E-state index in [1.54, 1.807) is 6.92 Å². The first-order valence-corrected chi connectivity index (χ1v) is 13.0. The molecule has 0 aliphatic carbocycles. The molecular formula is C26H36N4O8. The van der Waals surface area contributed by atoms with Crippen LogP contribution in [-0.4, -0.2) is 82.8 Å². The number of unbranched alkanes of at least 4 members (excludes halogenated alkanes) is 1. The highest BCUT2D eigenvalue weighted by atomic mass is 16.5. The van der Waals surface area contributed by atoms with E-state index in [1.807, 2.05) is 30.3 Å². The van der Waals surface area contributed by atoms with Crippen molar-refractivity contribution in [3.63, 3.8) is 0 Å². The van der Waals surface area contributed by atoms with Gasteiger partial charge in [-0.3, -0.25) is 24.7 Å². The lowest BCUT2D eigenvalue weighted by Crippen LogP contribution is -2.62. The van der Waals surface area contributed by atoms with Gasteiger partial charge in [-0.15, -0.1) is 0 Å². The van der Waals surface area contributed by atoms with Gasteiger partial charge in [-0.25, -0.2) is 14.6 Å². The maximum atomic E-state index is 13.4. The molecule has 0 spiro atoms. The van der Waals surface area contributed by atoms with Gasteiger partial charge in [0.2, 0.25) is 5.91 Å². The number of aliphatic carboxylic acids is 1. The fourth-order valence-electron chi connectivity index (χ4n) is 4.61. The van der Waals surface area contributed by atoms with Gasteiger partial charge in [0, 0.05) is 19.5 Å². The minimum Gasteiger partial charge on any atom is -0.480 e. The van der Waals surface area contributed by atoms with Crippen LogP contribution in [0.5, 0.6) is 0 Å². The Hall–Kier alpha value is -3.67. The second-order valence-electron chi connectivity index (χ2n) is 9.24. The molecule has 3 N–H and O–H groups in total. The summed E-state index contributed by atoms with van der Waals surface area (Å²) in [5.74, 6) is -2.56. The Morgan fingerprint density at radius 1 is 1.11 bits per heavy atom. The first-order chi connectivity index (χ1) is 18.3. The Kier molecular flexibility index (Phi) is 10.9. The molecule has 2 heterocycles. The average Bonchev–Trinajstić information content (AvgIpc) is 3.03. The maximum absolute atomic E-state index is 13.4. The zero-order valence-corrected chi connectivity index (χ0v) is 21.6. The number of fused-ring (bicyclic) bond motifs is 1. The highest BCUT2D eigenvalue weighted by Crippen LogP contribution is 2.25. The molecule has 3 rings (SSSR count). The van der Waals surface area contributed by atoms with Crippen LogP contribution in [0.25, 0.3) is 0 Å². The molecule has 3 amide bonds. The van der Waals surface area contributed by atoms with Crippen LogP contribution in [0.15, 0.2) is 30.3 Å². The number of esters is 1. The number of carbonyl (C=O) groups excluding carboxylic acids is 4. The Morgan fingerprint density at radius 3 is 2.58 bits per heavy atom. The van der Waals surface area contributed by atoms with E-state index in [2.05, 4.69) is 10.6 Å². The van der Waals surface area contributed by atoms with Gasteiger partial charge in [0.05, 0.1) is 12.6 Å². The van der Waals surface area contributed by atoms with E-state index in [1.165, 1.54) is 5.01 Å². The van der Waals surface area contributed by atoms with Crippen LogP contribution in [0.4, 0.5) is 4.79 Å². The topological polar surface area (TPSA) is 155 Å². The molecule has 38 heavy (non-hydrogen) atoms. The maximum Gasteiger partial charge on any atom is 0.407 e. The molecule has 12 nitrogen and oxygen atoms in total. The Balaban J connectivity index is 1.53. The molecule has 0 aromatic heterocycles. The van der Waals surface area contributed by atoms with E-state index >= 15 is 0 Å². The molecule has 2 fully saturated rings.